The summed E-state index contributed by atoms with van der Waals surface area (Å²) in [6.07, 6.45) is 0. The third-order valence-electron chi connectivity index (χ3n) is 2.54. The summed E-state index contributed by atoms with van der Waals surface area (Å²) in [7, 11) is 1.56. The van der Waals surface area contributed by atoms with Crippen LogP contribution in [0.4, 0.5) is 10.1 Å². The van der Waals surface area contributed by atoms with Gasteiger partial charge >= 0.3 is 0 Å². The zero-order valence-electron chi connectivity index (χ0n) is 10.1. The van der Waals surface area contributed by atoms with E-state index in [1.54, 1.807) is 19.2 Å². The van der Waals surface area contributed by atoms with Crippen molar-refractivity contribution >= 4 is 5.69 Å². The Kier molecular flexibility index (Phi) is 4.15. The van der Waals surface area contributed by atoms with Crippen LogP contribution in [0, 0.1) is 5.82 Å². The number of hydrogen-bond acceptors (Lipinski definition) is 3. The van der Waals surface area contributed by atoms with Crippen LogP contribution in [0.3, 0.4) is 0 Å². The molecule has 0 spiro atoms. The Morgan fingerprint density at radius 2 is 1.89 bits per heavy atom. The third kappa shape index (κ3) is 3.21. The Bertz CT molecular complexity index is 502. The minimum absolute atomic E-state index is 0.252. The van der Waals surface area contributed by atoms with Crippen LogP contribution >= 0.6 is 0 Å². The van der Waals surface area contributed by atoms with E-state index in [-0.39, 0.29) is 5.82 Å². The lowest BCUT2D eigenvalue weighted by Gasteiger charge is -2.10. The number of rotatable bonds is 5. The number of methoxy groups -OCH3 is 1. The highest BCUT2D eigenvalue weighted by Crippen LogP contribution is 2.16. The topological polar surface area (TPSA) is 33.3 Å². The van der Waals surface area contributed by atoms with Crippen molar-refractivity contribution in [3.05, 3.63) is 59.9 Å². The van der Waals surface area contributed by atoms with Crippen molar-refractivity contribution in [3.8, 4) is 5.75 Å². The molecule has 18 heavy (non-hydrogen) atoms. The van der Waals surface area contributed by atoms with Gasteiger partial charge in [-0.3, -0.25) is 0 Å². The van der Waals surface area contributed by atoms with Gasteiger partial charge in [0.25, 0.3) is 0 Å². The number of hydrazine groups is 1. The molecule has 0 saturated carbocycles. The first kappa shape index (κ1) is 12.4. The van der Waals surface area contributed by atoms with Gasteiger partial charge in [0.15, 0.2) is 0 Å². The van der Waals surface area contributed by atoms with E-state index in [2.05, 4.69) is 10.9 Å². The summed E-state index contributed by atoms with van der Waals surface area (Å²) in [5.74, 6) is 0.395. The van der Waals surface area contributed by atoms with E-state index < -0.39 is 0 Å². The van der Waals surface area contributed by atoms with E-state index >= 15 is 0 Å². The molecule has 3 nitrogen and oxygen atoms in total. The Morgan fingerprint density at radius 3 is 2.61 bits per heavy atom. The van der Waals surface area contributed by atoms with Gasteiger partial charge in [0.05, 0.1) is 7.11 Å². The van der Waals surface area contributed by atoms with Crippen molar-refractivity contribution in [1.82, 2.24) is 5.43 Å². The molecule has 0 unspecified atom stereocenters. The van der Waals surface area contributed by atoms with E-state index in [0.29, 0.717) is 17.9 Å². The van der Waals surface area contributed by atoms with Crippen LogP contribution in [0.15, 0.2) is 48.5 Å². The fraction of sp³-hybridized carbons (Fsp3) is 0.143. The predicted molar refractivity (Wildman–Crippen MR) is 69.9 cm³/mol. The summed E-state index contributed by atoms with van der Waals surface area (Å²) in [4.78, 5) is 0. The third-order valence-corrected chi connectivity index (χ3v) is 2.54. The van der Waals surface area contributed by atoms with Crippen LogP contribution < -0.4 is 15.6 Å². The van der Waals surface area contributed by atoms with Gasteiger partial charge in [0, 0.05) is 17.8 Å². The number of anilines is 1. The molecule has 0 heterocycles. The highest BCUT2D eigenvalue weighted by atomic mass is 19.1. The average Bonchev–Trinajstić information content (AvgIpc) is 2.42. The Labute approximate surface area is 106 Å². The zero-order valence-corrected chi connectivity index (χ0v) is 10.1. The first-order valence-corrected chi connectivity index (χ1v) is 5.66. The van der Waals surface area contributed by atoms with Gasteiger partial charge in [-0.1, -0.05) is 18.2 Å². The van der Waals surface area contributed by atoms with E-state index in [4.69, 9.17) is 4.74 Å². The van der Waals surface area contributed by atoms with Gasteiger partial charge in [-0.25, -0.2) is 9.82 Å². The van der Waals surface area contributed by atoms with E-state index in [1.165, 1.54) is 6.07 Å². The summed E-state index contributed by atoms with van der Waals surface area (Å²) in [6.45, 7) is 0.373. The fourth-order valence-electron chi connectivity index (χ4n) is 1.58. The lowest BCUT2D eigenvalue weighted by atomic mass is 10.2. The Balaban J connectivity index is 1.94. The Morgan fingerprint density at radius 1 is 1.11 bits per heavy atom. The van der Waals surface area contributed by atoms with E-state index in [0.717, 1.165) is 5.69 Å². The second kappa shape index (κ2) is 6.02. The summed E-state index contributed by atoms with van der Waals surface area (Å²) in [5.41, 5.74) is 7.45. The van der Waals surface area contributed by atoms with Crippen LogP contribution in [-0.2, 0) is 6.54 Å². The zero-order chi connectivity index (χ0) is 12.8. The second-order valence-electron chi connectivity index (χ2n) is 3.80. The van der Waals surface area contributed by atoms with Gasteiger partial charge < -0.3 is 10.2 Å². The van der Waals surface area contributed by atoms with Crippen molar-refractivity contribution in [3.63, 3.8) is 0 Å². The average molecular weight is 246 g/mol. The SMILES string of the molecule is COc1ccc(F)c(CNNc2ccccc2)c1. The number of hydrogen-bond donors (Lipinski definition) is 2. The minimum Gasteiger partial charge on any atom is -0.497 e. The fourth-order valence-corrected chi connectivity index (χ4v) is 1.58. The largest absolute Gasteiger partial charge is 0.497 e. The van der Waals surface area contributed by atoms with E-state index in [1.807, 2.05) is 30.3 Å². The molecule has 0 aliphatic carbocycles. The lowest BCUT2D eigenvalue weighted by molar-refractivity contribution is 0.412. The molecule has 94 valence electrons. The maximum absolute atomic E-state index is 13.5. The molecule has 2 aromatic rings. The molecule has 2 rings (SSSR count). The molecule has 0 bridgehead atoms. The normalized spacial score (nSPS) is 10.1. The molecule has 2 N–H and O–H groups in total. The predicted octanol–water partition coefficient (Wildman–Crippen LogP) is 2.95. The molecule has 0 amide bonds. The van der Waals surface area contributed by atoms with Crippen LogP contribution in [0.5, 0.6) is 5.75 Å². The number of nitrogens with one attached hydrogen (secondary N) is 2. The molecular weight excluding hydrogens is 231 g/mol. The van der Waals surface area contributed by atoms with Crippen LogP contribution in [-0.4, -0.2) is 7.11 Å². The summed E-state index contributed by atoms with van der Waals surface area (Å²) in [6, 6.07) is 14.3. The number of ether oxygens (including phenoxy) is 1. The lowest BCUT2D eigenvalue weighted by Crippen LogP contribution is -2.21. The summed E-state index contributed by atoms with van der Waals surface area (Å²) >= 11 is 0. The quantitative estimate of drug-likeness (QED) is 0.796. The monoisotopic (exact) mass is 246 g/mol. The molecule has 0 saturated heterocycles. The smallest absolute Gasteiger partial charge is 0.128 e. The maximum Gasteiger partial charge on any atom is 0.128 e. The van der Waals surface area contributed by atoms with Crippen molar-refractivity contribution in [2.75, 3.05) is 12.5 Å². The number of para-hydroxylation sites is 1. The first-order chi connectivity index (χ1) is 8.79. The van der Waals surface area contributed by atoms with Crippen LogP contribution in [0.25, 0.3) is 0 Å². The first-order valence-electron chi connectivity index (χ1n) is 5.66. The molecule has 0 fully saturated rings. The molecule has 2 aromatic carbocycles. The van der Waals surface area contributed by atoms with Gasteiger partial charge in [0.1, 0.15) is 11.6 Å². The maximum atomic E-state index is 13.5. The van der Waals surface area contributed by atoms with Gasteiger partial charge in [-0.2, -0.15) is 0 Å². The molecule has 0 aliphatic heterocycles. The van der Waals surface area contributed by atoms with Crippen molar-refractivity contribution in [1.29, 1.82) is 0 Å². The highest BCUT2D eigenvalue weighted by molar-refractivity contribution is 5.41. The van der Waals surface area contributed by atoms with Crippen molar-refractivity contribution in [2.24, 2.45) is 0 Å². The molecule has 0 radical (unpaired) electrons. The Hall–Kier alpha value is -2.07. The number of benzene rings is 2. The molecule has 0 atom stereocenters. The van der Waals surface area contributed by atoms with Crippen LogP contribution in [0.1, 0.15) is 5.56 Å². The van der Waals surface area contributed by atoms with E-state index in [9.17, 15) is 4.39 Å². The van der Waals surface area contributed by atoms with Gasteiger partial charge in [-0.15, -0.1) is 0 Å². The standard InChI is InChI=1S/C14H15FN2O/c1-18-13-7-8-14(15)11(9-13)10-16-17-12-5-3-2-4-6-12/h2-9,16-17H,10H2,1H3. The number of halogens is 1. The van der Waals surface area contributed by atoms with Gasteiger partial charge in [-0.05, 0) is 30.3 Å². The van der Waals surface area contributed by atoms with Crippen LogP contribution in [0.2, 0.25) is 0 Å². The molecule has 0 aromatic heterocycles. The summed E-state index contributed by atoms with van der Waals surface area (Å²) < 4.78 is 18.6. The second-order valence-corrected chi connectivity index (χ2v) is 3.80. The van der Waals surface area contributed by atoms with Crippen molar-refractivity contribution in [2.45, 2.75) is 6.54 Å². The summed E-state index contributed by atoms with van der Waals surface area (Å²) in [5, 5.41) is 0. The van der Waals surface area contributed by atoms with Gasteiger partial charge in [0.2, 0.25) is 0 Å². The molecular formula is C14H15FN2O. The minimum atomic E-state index is -0.252. The van der Waals surface area contributed by atoms with Crippen molar-refractivity contribution < 1.29 is 9.13 Å². The molecule has 0 aliphatic rings. The highest BCUT2D eigenvalue weighted by Gasteiger charge is 2.03. The molecule has 4 heteroatoms.